The van der Waals surface area contributed by atoms with Crippen LogP contribution in [0.4, 0.5) is 22.9 Å². The predicted octanol–water partition coefficient (Wildman–Crippen LogP) is 3.89. The summed E-state index contributed by atoms with van der Waals surface area (Å²) in [7, 11) is 4.98. The lowest BCUT2D eigenvalue weighted by Gasteiger charge is -2.26. The number of ether oxygens (including phenoxy) is 1. The van der Waals surface area contributed by atoms with Gasteiger partial charge in [-0.3, -0.25) is 4.79 Å². The monoisotopic (exact) mass is 489 g/mol. The molecule has 1 aliphatic heterocycles. The van der Waals surface area contributed by atoms with Gasteiger partial charge in [0.1, 0.15) is 17.4 Å². The van der Waals surface area contributed by atoms with Crippen LogP contribution in [0.2, 0.25) is 0 Å². The van der Waals surface area contributed by atoms with Crippen molar-refractivity contribution in [3.63, 3.8) is 0 Å². The first-order valence-corrected chi connectivity index (χ1v) is 11.8. The summed E-state index contributed by atoms with van der Waals surface area (Å²) in [6, 6.07) is 13.9. The number of hydrogen-bond acceptors (Lipinski definition) is 7. The van der Waals surface area contributed by atoms with Crippen LogP contribution in [-0.4, -0.2) is 68.6 Å². The standard InChI is InChI=1S/C28H34N6O2/c1-6-28(35)30-22-17-21(25(36-5)19-24(22)33(4)16-15-32(2)3)18-26-29-13-11-27(31-26)34-14-12-20-9-7-8-10-23(20)34/h6-11,13,17,19H,1,12,14-16,18H2,2-5H3,(H,30,35)/i2D3. The predicted molar refractivity (Wildman–Crippen MR) is 146 cm³/mol. The lowest BCUT2D eigenvalue weighted by Crippen LogP contribution is -2.29. The number of carbonyl (C=O) groups excluding carboxylic acids is 1. The summed E-state index contributed by atoms with van der Waals surface area (Å²) in [6.45, 7) is 2.94. The number of amides is 1. The Bertz CT molecular complexity index is 1350. The normalized spacial score (nSPS) is 14.0. The highest BCUT2D eigenvalue weighted by molar-refractivity contribution is 6.01. The fraction of sp³-hybridized carbons (Fsp3) is 0.321. The quantitative estimate of drug-likeness (QED) is 0.433. The first-order chi connectivity index (χ1) is 18.6. The summed E-state index contributed by atoms with van der Waals surface area (Å²) < 4.78 is 28.5. The van der Waals surface area contributed by atoms with Gasteiger partial charge in [-0.25, -0.2) is 9.97 Å². The second-order valence-corrected chi connectivity index (χ2v) is 8.76. The van der Waals surface area contributed by atoms with Gasteiger partial charge in [0.05, 0.1) is 18.5 Å². The molecule has 1 aliphatic rings. The molecule has 0 fully saturated rings. The average molecular weight is 490 g/mol. The molecule has 0 spiro atoms. The van der Waals surface area contributed by atoms with Crippen molar-refractivity contribution in [3.05, 3.63) is 78.3 Å². The molecule has 8 heteroatoms. The van der Waals surface area contributed by atoms with Crippen LogP contribution in [0.15, 0.2) is 61.3 Å². The molecule has 1 aromatic heterocycles. The molecule has 3 aromatic rings. The molecular weight excluding hydrogens is 452 g/mol. The molecule has 36 heavy (non-hydrogen) atoms. The fourth-order valence-electron chi connectivity index (χ4n) is 4.33. The largest absolute Gasteiger partial charge is 0.496 e. The van der Waals surface area contributed by atoms with Gasteiger partial charge in [-0.05, 0) is 50.3 Å². The van der Waals surface area contributed by atoms with Crippen LogP contribution in [0, 0.1) is 0 Å². The van der Waals surface area contributed by atoms with Crippen molar-refractivity contribution in [2.75, 3.05) is 62.9 Å². The maximum Gasteiger partial charge on any atom is 0.247 e. The van der Waals surface area contributed by atoms with E-state index < -0.39 is 6.98 Å². The molecule has 2 aromatic carbocycles. The zero-order chi connectivity index (χ0) is 28.2. The zero-order valence-corrected chi connectivity index (χ0v) is 21.0. The smallest absolute Gasteiger partial charge is 0.247 e. The van der Waals surface area contributed by atoms with Crippen molar-refractivity contribution in [1.82, 2.24) is 14.9 Å². The number of nitrogens with one attached hydrogen (secondary N) is 1. The third-order valence-corrected chi connectivity index (χ3v) is 6.23. The Kier molecular flexibility index (Phi) is 6.66. The van der Waals surface area contributed by atoms with Crippen molar-refractivity contribution >= 4 is 28.8 Å². The maximum atomic E-state index is 12.3. The Labute approximate surface area is 217 Å². The highest BCUT2D eigenvalue weighted by Crippen LogP contribution is 2.36. The van der Waals surface area contributed by atoms with Gasteiger partial charge in [0.25, 0.3) is 0 Å². The number of benzene rings is 2. The van der Waals surface area contributed by atoms with Gasteiger partial charge in [-0.2, -0.15) is 0 Å². The summed E-state index contributed by atoms with van der Waals surface area (Å²) >= 11 is 0. The van der Waals surface area contributed by atoms with Gasteiger partial charge in [0.2, 0.25) is 5.91 Å². The van der Waals surface area contributed by atoms with Crippen molar-refractivity contribution in [3.8, 4) is 5.75 Å². The second-order valence-electron chi connectivity index (χ2n) is 8.76. The minimum Gasteiger partial charge on any atom is -0.496 e. The Balaban J connectivity index is 1.62. The van der Waals surface area contributed by atoms with E-state index in [-0.39, 0.29) is 5.91 Å². The van der Waals surface area contributed by atoms with Gasteiger partial charge in [0, 0.05) is 60.7 Å². The summed E-state index contributed by atoms with van der Waals surface area (Å²) in [6.07, 6.45) is 4.31. The molecule has 1 amide bonds. The second kappa shape index (κ2) is 11.2. The molecule has 2 heterocycles. The van der Waals surface area contributed by atoms with Gasteiger partial charge >= 0.3 is 0 Å². The number of anilines is 4. The number of rotatable bonds is 10. The lowest BCUT2D eigenvalue weighted by molar-refractivity contribution is -0.111. The van der Waals surface area contributed by atoms with Crippen LogP contribution in [-0.2, 0) is 17.6 Å². The third-order valence-electron chi connectivity index (χ3n) is 6.23. The van der Waals surface area contributed by atoms with E-state index in [1.165, 1.54) is 16.5 Å². The van der Waals surface area contributed by atoms with Crippen LogP contribution < -0.4 is 19.9 Å². The molecule has 8 nitrogen and oxygen atoms in total. The molecule has 0 aliphatic carbocycles. The summed E-state index contributed by atoms with van der Waals surface area (Å²) in [4.78, 5) is 27.0. The van der Waals surface area contributed by atoms with Crippen molar-refractivity contribution in [2.24, 2.45) is 0 Å². The number of fused-ring (bicyclic) bond motifs is 1. The number of carbonyl (C=O) groups is 1. The highest BCUT2D eigenvalue weighted by Gasteiger charge is 2.22. The highest BCUT2D eigenvalue weighted by atomic mass is 16.5. The first-order valence-electron chi connectivity index (χ1n) is 13.3. The van der Waals surface area contributed by atoms with Gasteiger partial charge in [-0.1, -0.05) is 24.8 Å². The molecule has 0 saturated heterocycles. The van der Waals surface area contributed by atoms with Crippen LogP contribution in [0.3, 0.4) is 0 Å². The van der Waals surface area contributed by atoms with Crippen LogP contribution in [0.1, 0.15) is 21.1 Å². The molecule has 0 saturated carbocycles. The van der Waals surface area contributed by atoms with Crippen LogP contribution in [0.5, 0.6) is 5.75 Å². The van der Waals surface area contributed by atoms with E-state index in [1.54, 1.807) is 20.4 Å². The van der Waals surface area contributed by atoms with E-state index in [1.807, 2.05) is 36.2 Å². The van der Waals surface area contributed by atoms with Crippen molar-refractivity contribution in [2.45, 2.75) is 12.8 Å². The van der Waals surface area contributed by atoms with E-state index in [0.29, 0.717) is 42.5 Å². The molecule has 188 valence electrons. The van der Waals surface area contributed by atoms with E-state index >= 15 is 0 Å². The van der Waals surface area contributed by atoms with Crippen LogP contribution in [0.25, 0.3) is 0 Å². The van der Waals surface area contributed by atoms with Crippen molar-refractivity contribution in [1.29, 1.82) is 0 Å². The van der Waals surface area contributed by atoms with E-state index in [2.05, 4.69) is 40.0 Å². The Hall–Kier alpha value is -3.91. The number of hydrogen-bond donors (Lipinski definition) is 1. The number of methoxy groups -OCH3 is 1. The van der Waals surface area contributed by atoms with Gasteiger partial charge < -0.3 is 24.8 Å². The minimum atomic E-state index is -2.19. The molecular formula is C28H34N6O2. The summed E-state index contributed by atoms with van der Waals surface area (Å²) in [5.74, 6) is 1.71. The molecule has 0 atom stereocenters. The third kappa shape index (κ3) is 5.66. The van der Waals surface area contributed by atoms with Gasteiger partial charge in [0.15, 0.2) is 0 Å². The molecule has 0 bridgehead atoms. The number of para-hydroxylation sites is 1. The summed E-state index contributed by atoms with van der Waals surface area (Å²) in [5.41, 5.74) is 4.50. The Morgan fingerprint density at radius 3 is 2.89 bits per heavy atom. The van der Waals surface area contributed by atoms with Gasteiger partial charge in [-0.15, -0.1) is 0 Å². The molecule has 4 rings (SSSR count). The van der Waals surface area contributed by atoms with E-state index in [9.17, 15) is 4.79 Å². The van der Waals surface area contributed by atoms with E-state index in [4.69, 9.17) is 13.8 Å². The Morgan fingerprint density at radius 2 is 2.11 bits per heavy atom. The SMILES string of the molecule is [2H]C([2H])([2H])N(C)CCN(C)c1cc(OC)c(Cc2nccc(N3CCc4ccccc43)n2)cc1NC(=O)C=C. The number of nitrogens with zero attached hydrogens (tertiary/aromatic N) is 5. The maximum absolute atomic E-state index is 12.3. The first kappa shape index (κ1) is 21.4. The number of aromatic nitrogens is 2. The molecule has 0 radical (unpaired) electrons. The van der Waals surface area contributed by atoms with Crippen molar-refractivity contribution < 1.29 is 13.6 Å². The molecule has 1 N–H and O–H groups in total. The minimum absolute atomic E-state index is 0.298. The number of likely N-dealkylation sites (N-methyl/N-ethyl adjacent to an activating group) is 2. The molecule has 0 unspecified atom stereocenters. The lowest BCUT2D eigenvalue weighted by atomic mass is 10.1. The Morgan fingerprint density at radius 1 is 1.28 bits per heavy atom. The average Bonchev–Trinajstić information content (AvgIpc) is 3.35. The fourth-order valence-corrected chi connectivity index (χ4v) is 4.33. The topological polar surface area (TPSA) is 73.8 Å². The van der Waals surface area contributed by atoms with E-state index in [0.717, 1.165) is 30.0 Å². The zero-order valence-electron chi connectivity index (χ0n) is 24.0. The van der Waals surface area contributed by atoms with Crippen LogP contribution >= 0.6 is 0 Å². The summed E-state index contributed by atoms with van der Waals surface area (Å²) in [5, 5.41) is 2.88.